The van der Waals surface area contributed by atoms with Crippen LogP contribution in [-0.2, 0) is 0 Å². The Balaban J connectivity index is 2.23. The van der Waals surface area contributed by atoms with Crippen LogP contribution in [0.1, 0.15) is 35.8 Å². The molecular formula is C14H16BrN3O. The minimum atomic E-state index is -0.144. The summed E-state index contributed by atoms with van der Waals surface area (Å²) in [5, 5.41) is 7.07. The molecular weight excluding hydrogens is 306 g/mol. The number of nitrogens with zero attached hydrogens (tertiary/aromatic N) is 2. The first-order chi connectivity index (χ1) is 8.99. The van der Waals surface area contributed by atoms with Crippen molar-refractivity contribution in [3.8, 4) is 0 Å². The molecule has 2 aromatic rings. The maximum absolute atomic E-state index is 12.2. The van der Waals surface area contributed by atoms with Crippen LogP contribution in [0.4, 0.5) is 5.82 Å². The van der Waals surface area contributed by atoms with Gasteiger partial charge in [-0.3, -0.25) is 4.79 Å². The Morgan fingerprint density at radius 1 is 1.37 bits per heavy atom. The highest BCUT2D eigenvalue weighted by Gasteiger charge is 2.13. The lowest BCUT2D eigenvalue weighted by atomic mass is 10.1. The average Bonchev–Trinajstić information content (AvgIpc) is 2.76. The first-order valence-corrected chi connectivity index (χ1v) is 6.89. The third kappa shape index (κ3) is 3.04. The first kappa shape index (κ1) is 13.8. The number of carbonyl (C=O) groups is 1. The normalized spacial score (nSPS) is 10.8. The maximum atomic E-state index is 12.2. The summed E-state index contributed by atoms with van der Waals surface area (Å²) in [5.41, 5.74) is 1.72. The average molecular weight is 322 g/mol. The number of amides is 1. The molecule has 0 saturated heterocycles. The van der Waals surface area contributed by atoms with Gasteiger partial charge >= 0.3 is 0 Å². The Bertz CT molecular complexity index is 604. The minimum Gasteiger partial charge on any atom is -0.307 e. The zero-order valence-corrected chi connectivity index (χ0v) is 12.7. The second kappa shape index (κ2) is 5.57. The lowest BCUT2D eigenvalue weighted by molar-refractivity contribution is 0.102. The summed E-state index contributed by atoms with van der Waals surface area (Å²) >= 11 is 3.42. The number of aryl methyl sites for hydroxylation is 1. The predicted octanol–water partition coefficient (Wildman–Crippen LogP) is 3.79. The molecule has 1 N–H and O–H groups in total. The van der Waals surface area contributed by atoms with E-state index in [1.54, 1.807) is 16.9 Å². The number of hydrogen-bond acceptors (Lipinski definition) is 2. The third-order valence-corrected chi connectivity index (χ3v) is 3.43. The summed E-state index contributed by atoms with van der Waals surface area (Å²) in [6.45, 7) is 6.02. The van der Waals surface area contributed by atoms with Gasteiger partial charge in [-0.15, -0.1) is 0 Å². The van der Waals surface area contributed by atoms with Gasteiger partial charge in [0.2, 0.25) is 0 Å². The van der Waals surface area contributed by atoms with Crippen molar-refractivity contribution >= 4 is 27.7 Å². The molecule has 1 amide bonds. The van der Waals surface area contributed by atoms with E-state index < -0.39 is 0 Å². The second-order valence-corrected chi connectivity index (χ2v) is 5.55. The molecule has 19 heavy (non-hydrogen) atoms. The van der Waals surface area contributed by atoms with Crippen LogP contribution in [0.3, 0.4) is 0 Å². The molecule has 0 bridgehead atoms. The number of benzene rings is 1. The quantitative estimate of drug-likeness (QED) is 0.934. The molecule has 0 unspecified atom stereocenters. The summed E-state index contributed by atoms with van der Waals surface area (Å²) < 4.78 is 2.57. The largest absolute Gasteiger partial charge is 0.307 e. The molecule has 0 saturated carbocycles. The summed E-state index contributed by atoms with van der Waals surface area (Å²) in [4.78, 5) is 12.2. The molecule has 4 nitrogen and oxygen atoms in total. The number of halogens is 1. The van der Waals surface area contributed by atoms with E-state index in [1.807, 2.05) is 39.0 Å². The highest BCUT2D eigenvalue weighted by molar-refractivity contribution is 9.10. The number of anilines is 1. The van der Waals surface area contributed by atoms with Gasteiger partial charge in [0.1, 0.15) is 5.82 Å². The Hall–Kier alpha value is -1.62. The molecule has 0 spiro atoms. The molecule has 2 rings (SSSR count). The predicted molar refractivity (Wildman–Crippen MR) is 79.4 cm³/mol. The molecule has 0 fully saturated rings. The van der Waals surface area contributed by atoms with Crippen LogP contribution in [0.25, 0.3) is 0 Å². The topological polar surface area (TPSA) is 46.9 Å². The van der Waals surface area contributed by atoms with Crippen molar-refractivity contribution in [3.05, 3.63) is 46.1 Å². The van der Waals surface area contributed by atoms with Crippen molar-refractivity contribution in [2.75, 3.05) is 5.32 Å². The SMILES string of the molecule is Cc1ccc(C(=O)Nc2ccnn2C(C)C)c(Br)c1. The zero-order chi connectivity index (χ0) is 14.0. The summed E-state index contributed by atoms with van der Waals surface area (Å²) in [5.74, 6) is 0.557. The molecule has 0 radical (unpaired) electrons. The van der Waals surface area contributed by atoms with Gasteiger partial charge < -0.3 is 5.32 Å². The first-order valence-electron chi connectivity index (χ1n) is 6.10. The van der Waals surface area contributed by atoms with E-state index in [1.165, 1.54) is 0 Å². The Kier molecular flexibility index (Phi) is 4.04. The van der Waals surface area contributed by atoms with Crippen LogP contribution in [0.15, 0.2) is 34.9 Å². The lowest BCUT2D eigenvalue weighted by Gasteiger charge is -2.12. The monoisotopic (exact) mass is 321 g/mol. The van der Waals surface area contributed by atoms with Crippen LogP contribution in [0, 0.1) is 6.92 Å². The van der Waals surface area contributed by atoms with Crippen molar-refractivity contribution in [2.24, 2.45) is 0 Å². The van der Waals surface area contributed by atoms with Crippen molar-refractivity contribution in [1.29, 1.82) is 0 Å². The maximum Gasteiger partial charge on any atom is 0.257 e. The molecule has 0 atom stereocenters. The fourth-order valence-electron chi connectivity index (χ4n) is 1.81. The van der Waals surface area contributed by atoms with Gasteiger partial charge in [-0.05, 0) is 54.4 Å². The number of carbonyl (C=O) groups excluding carboxylic acids is 1. The lowest BCUT2D eigenvalue weighted by Crippen LogP contribution is -2.17. The van der Waals surface area contributed by atoms with Gasteiger partial charge in [0.25, 0.3) is 5.91 Å². The summed E-state index contributed by atoms with van der Waals surface area (Å²) in [7, 11) is 0. The van der Waals surface area contributed by atoms with Crippen LogP contribution in [-0.4, -0.2) is 15.7 Å². The molecule has 0 aliphatic heterocycles. The number of rotatable bonds is 3. The van der Waals surface area contributed by atoms with Crippen LogP contribution in [0.5, 0.6) is 0 Å². The fourth-order valence-corrected chi connectivity index (χ4v) is 2.49. The van der Waals surface area contributed by atoms with Crippen molar-refractivity contribution in [3.63, 3.8) is 0 Å². The molecule has 0 aliphatic rings. The summed E-state index contributed by atoms with van der Waals surface area (Å²) in [6, 6.07) is 7.64. The van der Waals surface area contributed by atoms with Crippen LogP contribution in [0.2, 0.25) is 0 Å². The fraction of sp³-hybridized carbons (Fsp3) is 0.286. The molecule has 1 aromatic carbocycles. The van der Waals surface area contributed by atoms with Crippen molar-refractivity contribution < 1.29 is 4.79 Å². The van der Waals surface area contributed by atoms with E-state index in [4.69, 9.17) is 0 Å². The number of nitrogens with one attached hydrogen (secondary N) is 1. The van der Waals surface area contributed by atoms with E-state index in [0.717, 1.165) is 10.0 Å². The van der Waals surface area contributed by atoms with E-state index in [9.17, 15) is 4.79 Å². The molecule has 1 aromatic heterocycles. The van der Waals surface area contributed by atoms with E-state index in [2.05, 4.69) is 26.3 Å². The second-order valence-electron chi connectivity index (χ2n) is 4.69. The highest BCUT2D eigenvalue weighted by Crippen LogP contribution is 2.20. The highest BCUT2D eigenvalue weighted by atomic mass is 79.9. The van der Waals surface area contributed by atoms with Gasteiger partial charge in [-0.1, -0.05) is 6.07 Å². The van der Waals surface area contributed by atoms with Crippen molar-refractivity contribution in [2.45, 2.75) is 26.8 Å². The Morgan fingerprint density at radius 3 is 2.74 bits per heavy atom. The van der Waals surface area contributed by atoms with Gasteiger partial charge in [0.15, 0.2) is 0 Å². The minimum absolute atomic E-state index is 0.144. The molecule has 5 heteroatoms. The van der Waals surface area contributed by atoms with Gasteiger partial charge in [-0.2, -0.15) is 5.10 Å². The summed E-state index contributed by atoms with van der Waals surface area (Å²) in [6.07, 6.45) is 1.68. The number of hydrogen-bond donors (Lipinski definition) is 1. The number of aromatic nitrogens is 2. The standard InChI is InChI=1S/C14H16BrN3O/c1-9(2)18-13(6-7-16-18)17-14(19)11-5-4-10(3)8-12(11)15/h4-9H,1-3H3,(H,17,19). The van der Waals surface area contributed by atoms with Gasteiger partial charge in [-0.25, -0.2) is 4.68 Å². The smallest absolute Gasteiger partial charge is 0.257 e. The molecule has 0 aliphatic carbocycles. The Labute approximate surface area is 120 Å². The zero-order valence-electron chi connectivity index (χ0n) is 11.1. The van der Waals surface area contributed by atoms with E-state index in [-0.39, 0.29) is 11.9 Å². The van der Waals surface area contributed by atoms with Crippen LogP contribution < -0.4 is 5.32 Å². The van der Waals surface area contributed by atoms with Crippen LogP contribution >= 0.6 is 15.9 Å². The van der Waals surface area contributed by atoms with Crippen molar-refractivity contribution in [1.82, 2.24) is 9.78 Å². The molecule has 100 valence electrons. The Morgan fingerprint density at radius 2 is 2.11 bits per heavy atom. The van der Waals surface area contributed by atoms with E-state index >= 15 is 0 Å². The van der Waals surface area contributed by atoms with Gasteiger partial charge in [0, 0.05) is 16.6 Å². The van der Waals surface area contributed by atoms with Gasteiger partial charge in [0.05, 0.1) is 11.8 Å². The molecule has 1 heterocycles. The van der Waals surface area contributed by atoms with E-state index in [0.29, 0.717) is 11.4 Å². The third-order valence-electron chi connectivity index (χ3n) is 2.77.